The Morgan fingerprint density at radius 1 is 1.19 bits per heavy atom. The van der Waals surface area contributed by atoms with Crippen molar-refractivity contribution in [3.63, 3.8) is 0 Å². The van der Waals surface area contributed by atoms with Gasteiger partial charge in [0, 0.05) is 12.2 Å². The van der Waals surface area contributed by atoms with Gasteiger partial charge in [0.1, 0.15) is 6.61 Å². The Labute approximate surface area is 127 Å². The SMILES string of the molecule is CC.CCN(CC)CCOC(=O)c1ccc(NC=O)cc1. The molecule has 0 saturated carbocycles. The number of rotatable bonds is 8. The number of esters is 1. The third-order valence-corrected chi connectivity index (χ3v) is 2.88. The topological polar surface area (TPSA) is 58.6 Å². The van der Waals surface area contributed by atoms with E-state index < -0.39 is 0 Å². The molecule has 1 aromatic rings. The van der Waals surface area contributed by atoms with Crippen LogP contribution in [0.3, 0.4) is 0 Å². The Balaban J connectivity index is 0.00000191. The quantitative estimate of drug-likeness (QED) is 0.591. The number of hydrogen-bond donors (Lipinski definition) is 1. The van der Waals surface area contributed by atoms with Crippen molar-refractivity contribution in [2.24, 2.45) is 0 Å². The van der Waals surface area contributed by atoms with Crippen LogP contribution in [0.4, 0.5) is 5.69 Å². The second-order valence-electron chi connectivity index (χ2n) is 4.00. The fourth-order valence-electron chi connectivity index (χ4n) is 1.66. The van der Waals surface area contributed by atoms with Gasteiger partial charge >= 0.3 is 5.97 Å². The molecule has 1 aromatic carbocycles. The smallest absolute Gasteiger partial charge is 0.338 e. The molecule has 1 N–H and O–H groups in total. The third kappa shape index (κ3) is 7.46. The Hall–Kier alpha value is -1.88. The molecule has 0 spiro atoms. The number of benzene rings is 1. The Bertz CT molecular complexity index is 400. The molecule has 0 aliphatic heterocycles. The monoisotopic (exact) mass is 294 g/mol. The largest absolute Gasteiger partial charge is 0.461 e. The minimum absolute atomic E-state index is 0.343. The maximum Gasteiger partial charge on any atom is 0.338 e. The summed E-state index contributed by atoms with van der Waals surface area (Å²) in [6.45, 7) is 11.2. The van der Waals surface area contributed by atoms with Crippen molar-refractivity contribution >= 4 is 18.1 Å². The molecule has 0 bridgehead atoms. The van der Waals surface area contributed by atoms with E-state index >= 15 is 0 Å². The summed E-state index contributed by atoms with van der Waals surface area (Å²) >= 11 is 0. The summed E-state index contributed by atoms with van der Waals surface area (Å²) < 4.78 is 5.19. The van der Waals surface area contributed by atoms with Gasteiger partial charge in [0.15, 0.2) is 0 Å². The Morgan fingerprint density at radius 2 is 1.76 bits per heavy atom. The number of amides is 1. The molecule has 21 heavy (non-hydrogen) atoms. The van der Waals surface area contributed by atoms with Gasteiger partial charge < -0.3 is 15.0 Å². The maximum absolute atomic E-state index is 11.7. The van der Waals surface area contributed by atoms with E-state index in [4.69, 9.17) is 4.74 Å². The highest BCUT2D eigenvalue weighted by Gasteiger charge is 2.07. The van der Waals surface area contributed by atoms with Crippen molar-refractivity contribution in [3.8, 4) is 0 Å². The van der Waals surface area contributed by atoms with E-state index in [1.54, 1.807) is 24.3 Å². The number of carbonyl (C=O) groups is 2. The van der Waals surface area contributed by atoms with Crippen molar-refractivity contribution in [1.29, 1.82) is 0 Å². The molecule has 0 saturated heterocycles. The highest BCUT2D eigenvalue weighted by Crippen LogP contribution is 2.09. The van der Waals surface area contributed by atoms with Gasteiger partial charge in [-0.05, 0) is 37.4 Å². The van der Waals surface area contributed by atoms with Gasteiger partial charge in [0.25, 0.3) is 0 Å². The van der Waals surface area contributed by atoms with Crippen molar-refractivity contribution < 1.29 is 14.3 Å². The average Bonchev–Trinajstić information content (AvgIpc) is 2.54. The van der Waals surface area contributed by atoms with Crippen LogP contribution in [-0.2, 0) is 9.53 Å². The predicted molar refractivity (Wildman–Crippen MR) is 85.5 cm³/mol. The first-order valence-electron chi connectivity index (χ1n) is 7.41. The first kappa shape index (κ1) is 19.1. The van der Waals surface area contributed by atoms with Crippen LogP contribution in [0.1, 0.15) is 38.1 Å². The molecule has 0 aliphatic rings. The lowest BCUT2D eigenvalue weighted by molar-refractivity contribution is -0.105. The zero-order valence-electron chi connectivity index (χ0n) is 13.4. The minimum atomic E-state index is -0.343. The number of hydrogen-bond acceptors (Lipinski definition) is 4. The molecule has 1 amide bonds. The molecule has 1 rings (SSSR count). The van der Waals surface area contributed by atoms with E-state index in [0.717, 1.165) is 19.6 Å². The van der Waals surface area contributed by atoms with Gasteiger partial charge in [-0.25, -0.2) is 4.79 Å². The van der Waals surface area contributed by atoms with Crippen molar-refractivity contribution in [2.75, 3.05) is 31.6 Å². The van der Waals surface area contributed by atoms with E-state index in [2.05, 4.69) is 24.1 Å². The summed E-state index contributed by atoms with van der Waals surface area (Å²) in [6, 6.07) is 6.59. The lowest BCUT2D eigenvalue weighted by Gasteiger charge is -2.17. The lowest BCUT2D eigenvalue weighted by atomic mass is 10.2. The summed E-state index contributed by atoms with van der Waals surface area (Å²) in [5.41, 5.74) is 1.13. The molecule has 0 fully saturated rings. The fraction of sp³-hybridized carbons (Fsp3) is 0.500. The van der Waals surface area contributed by atoms with Crippen LogP contribution in [0.5, 0.6) is 0 Å². The Morgan fingerprint density at radius 3 is 2.24 bits per heavy atom. The number of anilines is 1. The number of likely N-dealkylation sites (N-methyl/N-ethyl adjacent to an activating group) is 1. The summed E-state index contributed by atoms with van der Waals surface area (Å²) in [4.78, 5) is 24.2. The minimum Gasteiger partial charge on any atom is -0.461 e. The van der Waals surface area contributed by atoms with Crippen LogP contribution < -0.4 is 5.32 Å². The van der Waals surface area contributed by atoms with Crippen molar-refractivity contribution in [2.45, 2.75) is 27.7 Å². The van der Waals surface area contributed by atoms with E-state index in [-0.39, 0.29) is 5.97 Å². The van der Waals surface area contributed by atoms with Crippen molar-refractivity contribution in [3.05, 3.63) is 29.8 Å². The predicted octanol–water partition coefficient (Wildman–Crippen LogP) is 2.78. The average molecular weight is 294 g/mol. The van der Waals surface area contributed by atoms with Gasteiger partial charge in [-0.3, -0.25) is 4.79 Å². The molecule has 0 atom stereocenters. The van der Waals surface area contributed by atoms with Crippen LogP contribution in [0.2, 0.25) is 0 Å². The molecule has 0 aliphatic carbocycles. The number of carbonyl (C=O) groups excluding carboxylic acids is 2. The summed E-state index contributed by atoms with van der Waals surface area (Å²) in [6.07, 6.45) is 0.595. The van der Waals surface area contributed by atoms with E-state index in [1.807, 2.05) is 13.8 Å². The second kappa shape index (κ2) is 11.9. The van der Waals surface area contributed by atoms with Crippen molar-refractivity contribution in [1.82, 2.24) is 4.90 Å². The van der Waals surface area contributed by atoms with Crippen LogP contribution in [0.25, 0.3) is 0 Å². The molecular formula is C16H26N2O3. The summed E-state index contributed by atoms with van der Waals surface area (Å²) in [5.74, 6) is -0.343. The highest BCUT2D eigenvalue weighted by atomic mass is 16.5. The van der Waals surface area contributed by atoms with Gasteiger partial charge in [0.2, 0.25) is 6.41 Å². The number of ether oxygens (including phenoxy) is 1. The summed E-state index contributed by atoms with van der Waals surface area (Å²) in [7, 11) is 0. The molecule has 0 aromatic heterocycles. The van der Waals surface area contributed by atoms with E-state index in [1.165, 1.54) is 0 Å². The van der Waals surface area contributed by atoms with Crippen LogP contribution in [0.15, 0.2) is 24.3 Å². The van der Waals surface area contributed by atoms with Gasteiger partial charge in [0.05, 0.1) is 5.56 Å². The molecule has 5 heteroatoms. The maximum atomic E-state index is 11.7. The van der Waals surface area contributed by atoms with E-state index in [9.17, 15) is 9.59 Å². The standard InChI is InChI=1S/C14H20N2O3.C2H6/c1-3-16(4-2)9-10-19-14(18)12-5-7-13(8-6-12)15-11-17;1-2/h5-8,11H,3-4,9-10H2,1-2H3,(H,15,17);1-2H3. The molecular weight excluding hydrogens is 268 g/mol. The fourth-order valence-corrected chi connectivity index (χ4v) is 1.66. The zero-order valence-corrected chi connectivity index (χ0v) is 13.4. The number of nitrogens with zero attached hydrogens (tertiary/aromatic N) is 1. The zero-order chi connectivity index (χ0) is 16.1. The summed E-state index contributed by atoms with van der Waals surface area (Å²) in [5, 5.41) is 2.51. The molecule has 0 unspecified atom stereocenters. The van der Waals surface area contributed by atoms with Crippen LogP contribution >= 0.6 is 0 Å². The second-order valence-corrected chi connectivity index (χ2v) is 4.00. The van der Waals surface area contributed by atoms with E-state index in [0.29, 0.717) is 24.3 Å². The molecule has 0 heterocycles. The molecule has 118 valence electrons. The third-order valence-electron chi connectivity index (χ3n) is 2.88. The van der Waals surface area contributed by atoms with Crippen LogP contribution in [0, 0.1) is 0 Å². The Kier molecular flexibility index (Phi) is 10.8. The van der Waals surface area contributed by atoms with Gasteiger partial charge in [-0.2, -0.15) is 0 Å². The molecule has 5 nitrogen and oxygen atoms in total. The van der Waals surface area contributed by atoms with Crippen LogP contribution in [-0.4, -0.2) is 43.5 Å². The first-order valence-corrected chi connectivity index (χ1v) is 7.41. The highest BCUT2D eigenvalue weighted by molar-refractivity contribution is 5.90. The first-order chi connectivity index (χ1) is 10.2. The van der Waals surface area contributed by atoms with Gasteiger partial charge in [-0.1, -0.05) is 27.7 Å². The normalized spacial score (nSPS) is 9.57. The molecule has 0 radical (unpaired) electrons. The lowest BCUT2D eigenvalue weighted by Crippen LogP contribution is -2.27. The number of nitrogens with one attached hydrogen (secondary N) is 1. The van der Waals surface area contributed by atoms with Gasteiger partial charge in [-0.15, -0.1) is 0 Å².